The van der Waals surface area contributed by atoms with Gasteiger partial charge in [-0.3, -0.25) is 9.48 Å². The molecule has 1 aliphatic rings. The number of rotatable bonds is 5. The predicted molar refractivity (Wildman–Crippen MR) is 92.8 cm³/mol. The number of aromatic nitrogens is 2. The van der Waals surface area contributed by atoms with Crippen LogP contribution in [0.25, 0.3) is 0 Å². The second-order valence-electron chi connectivity index (χ2n) is 6.40. The third kappa shape index (κ3) is 3.85. The lowest BCUT2D eigenvalue weighted by molar-refractivity contribution is -0.0272. The van der Waals surface area contributed by atoms with E-state index in [2.05, 4.69) is 41.6 Å². The first-order valence-corrected chi connectivity index (χ1v) is 8.66. The molecular formula is C19H25N3O2. The molecule has 1 N–H and O–H groups in total. The monoisotopic (exact) mass is 327 g/mol. The van der Waals surface area contributed by atoms with Crippen molar-refractivity contribution in [3.8, 4) is 0 Å². The van der Waals surface area contributed by atoms with Crippen molar-refractivity contribution in [2.75, 3.05) is 13.2 Å². The van der Waals surface area contributed by atoms with Gasteiger partial charge in [-0.2, -0.15) is 5.10 Å². The lowest BCUT2D eigenvalue weighted by atomic mass is 9.89. The number of amides is 1. The normalized spacial score (nSPS) is 20.8. The van der Waals surface area contributed by atoms with E-state index in [-0.39, 0.29) is 12.0 Å². The van der Waals surface area contributed by atoms with Gasteiger partial charge in [0.1, 0.15) is 0 Å². The minimum atomic E-state index is -0.0667. The van der Waals surface area contributed by atoms with Gasteiger partial charge in [-0.15, -0.1) is 0 Å². The molecule has 2 aromatic rings. The van der Waals surface area contributed by atoms with E-state index in [1.165, 1.54) is 11.1 Å². The minimum Gasteiger partial charge on any atom is -0.373 e. The molecule has 1 fully saturated rings. The molecule has 0 radical (unpaired) electrons. The topological polar surface area (TPSA) is 56.2 Å². The maximum absolute atomic E-state index is 12.3. The van der Waals surface area contributed by atoms with Crippen molar-refractivity contribution in [1.82, 2.24) is 15.1 Å². The summed E-state index contributed by atoms with van der Waals surface area (Å²) in [5.41, 5.74) is 3.05. The summed E-state index contributed by atoms with van der Waals surface area (Å²) in [6.07, 6.45) is 5.56. The summed E-state index contributed by atoms with van der Waals surface area (Å²) in [5.74, 6) is 0.231. The van der Waals surface area contributed by atoms with Crippen LogP contribution in [0.15, 0.2) is 36.7 Å². The Kier molecular flexibility index (Phi) is 5.30. The number of nitrogens with one attached hydrogen (secondary N) is 1. The van der Waals surface area contributed by atoms with E-state index >= 15 is 0 Å². The SMILES string of the molecule is CCn1cc(C(=O)NC[C@H]2CCCO[C@H]2c2ccc(C)cc2)cn1. The first kappa shape index (κ1) is 16.7. The zero-order valence-corrected chi connectivity index (χ0v) is 14.4. The lowest BCUT2D eigenvalue weighted by Crippen LogP contribution is -2.35. The smallest absolute Gasteiger partial charge is 0.254 e. The number of benzene rings is 1. The van der Waals surface area contributed by atoms with Gasteiger partial charge in [0.15, 0.2) is 0 Å². The Morgan fingerprint density at radius 3 is 2.88 bits per heavy atom. The van der Waals surface area contributed by atoms with Crippen molar-refractivity contribution in [2.24, 2.45) is 5.92 Å². The Morgan fingerprint density at radius 2 is 2.17 bits per heavy atom. The molecule has 2 atom stereocenters. The lowest BCUT2D eigenvalue weighted by Gasteiger charge is -2.32. The number of nitrogens with zero attached hydrogens (tertiary/aromatic N) is 2. The van der Waals surface area contributed by atoms with Crippen molar-refractivity contribution >= 4 is 5.91 Å². The first-order chi connectivity index (χ1) is 11.7. The quantitative estimate of drug-likeness (QED) is 0.918. The highest BCUT2D eigenvalue weighted by atomic mass is 16.5. The van der Waals surface area contributed by atoms with Gasteiger partial charge in [0.2, 0.25) is 0 Å². The standard InChI is InChI=1S/C19H25N3O2/c1-3-22-13-17(12-21-22)19(23)20-11-16-5-4-10-24-18(16)15-8-6-14(2)7-9-15/h6-9,12-13,16,18H,3-5,10-11H2,1-2H3,(H,20,23)/t16-,18+/m1/s1. The van der Waals surface area contributed by atoms with E-state index in [0.717, 1.165) is 26.0 Å². The molecule has 1 aromatic carbocycles. The molecule has 24 heavy (non-hydrogen) atoms. The summed E-state index contributed by atoms with van der Waals surface area (Å²) >= 11 is 0. The van der Waals surface area contributed by atoms with Gasteiger partial charge in [-0.05, 0) is 32.3 Å². The average molecular weight is 327 g/mol. The maximum Gasteiger partial charge on any atom is 0.254 e. The summed E-state index contributed by atoms with van der Waals surface area (Å²) < 4.78 is 7.77. The second-order valence-corrected chi connectivity index (χ2v) is 6.40. The van der Waals surface area contributed by atoms with E-state index in [4.69, 9.17) is 4.74 Å². The molecule has 0 aliphatic carbocycles. The molecule has 0 bridgehead atoms. The van der Waals surface area contributed by atoms with Crippen LogP contribution in [-0.2, 0) is 11.3 Å². The van der Waals surface area contributed by atoms with Gasteiger partial charge >= 0.3 is 0 Å². The van der Waals surface area contributed by atoms with Crippen molar-refractivity contribution < 1.29 is 9.53 Å². The van der Waals surface area contributed by atoms with Crippen molar-refractivity contribution in [3.05, 3.63) is 53.3 Å². The summed E-state index contributed by atoms with van der Waals surface area (Å²) in [6, 6.07) is 8.49. The number of carbonyl (C=O) groups excluding carboxylic acids is 1. The zero-order chi connectivity index (χ0) is 16.9. The molecule has 2 heterocycles. The largest absolute Gasteiger partial charge is 0.373 e. The van der Waals surface area contributed by atoms with Crippen molar-refractivity contribution in [2.45, 2.75) is 39.3 Å². The van der Waals surface area contributed by atoms with Crippen LogP contribution in [0.4, 0.5) is 0 Å². The summed E-state index contributed by atoms with van der Waals surface area (Å²) in [4.78, 5) is 12.3. The molecule has 1 aliphatic heterocycles. The molecule has 128 valence electrons. The third-order valence-corrected chi connectivity index (χ3v) is 4.59. The fourth-order valence-electron chi connectivity index (χ4n) is 3.16. The Bertz CT molecular complexity index is 678. The van der Waals surface area contributed by atoms with Crippen LogP contribution in [0.2, 0.25) is 0 Å². The summed E-state index contributed by atoms with van der Waals surface area (Å²) in [5, 5.41) is 7.20. The highest BCUT2D eigenvalue weighted by Gasteiger charge is 2.28. The van der Waals surface area contributed by atoms with Gasteiger partial charge in [0, 0.05) is 31.8 Å². The van der Waals surface area contributed by atoms with Crippen LogP contribution in [0.5, 0.6) is 0 Å². The molecule has 5 heteroatoms. The van der Waals surface area contributed by atoms with Crippen molar-refractivity contribution in [1.29, 1.82) is 0 Å². The molecule has 1 amide bonds. The highest BCUT2D eigenvalue weighted by molar-refractivity contribution is 5.93. The molecule has 0 unspecified atom stereocenters. The van der Waals surface area contributed by atoms with Crippen molar-refractivity contribution in [3.63, 3.8) is 0 Å². The fraction of sp³-hybridized carbons (Fsp3) is 0.474. The van der Waals surface area contributed by atoms with E-state index in [9.17, 15) is 4.79 Å². The molecule has 3 rings (SSSR count). The maximum atomic E-state index is 12.3. The molecule has 0 saturated carbocycles. The first-order valence-electron chi connectivity index (χ1n) is 8.66. The van der Waals surface area contributed by atoms with Crippen LogP contribution >= 0.6 is 0 Å². The van der Waals surface area contributed by atoms with Gasteiger partial charge in [0.25, 0.3) is 5.91 Å². The summed E-state index contributed by atoms with van der Waals surface area (Å²) in [6.45, 7) is 6.25. The van der Waals surface area contributed by atoms with Crippen LogP contribution in [0.3, 0.4) is 0 Å². The number of hydrogen-bond donors (Lipinski definition) is 1. The molecule has 0 spiro atoms. The molecule has 1 saturated heterocycles. The number of aryl methyl sites for hydroxylation is 2. The fourth-order valence-corrected chi connectivity index (χ4v) is 3.16. The second kappa shape index (κ2) is 7.62. The van der Waals surface area contributed by atoms with Gasteiger partial charge in [-0.25, -0.2) is 0 Å². The van der Waals surface area contributed by atoms with Gasteiger partial charge in [0.05, 0.1) is 17.9 Å². The number of ether oxygens (including phenoxy) is 1. The van der Waals surface area contributed by atoms with Crippen LogP contribution in [-0.4, -0.2) is 28.8 Å². The Labute approximate surface area is 143 Å². The Hall–Kier alpha value is -2.14. The highest BCUT2D eigenvalue weighted by Crippen LogP contribution is 2.33. The van der Waals surface area contributed by atoms with E-state index < -0.39 is 0 Å². The molecule has 1 aromatic heterocycles. The molecular weight excluding hydrogens is 302 g/mol. The number of carbonyl (C=O) groups is 1. The summed E-state index contributed by atoms with van der Waals surface area (Å²) in [7, 11) is 0. The Balaban J connectivity index is 1.63. The van der Waals surface area contributed by atoms with Gasteiger partial charge < -0.3 is 10.1 Å². The average Bonchev–Trinajstić information content (AvgIpc) is 3.10. The molecule has 5 nitrogen and oxygen atoms in total. The van der Waals surface area contributed by atoms with E-state index in [0.29, 0.717) is 18.0 Å². The minimum absolute atomic E-state index is 0.0537. The zero-order valence-electron chi connectivity index (χ0n) is 14.4. The Morgan fingerprint density at radius 1 is 1.38 bits per heavy atom. The van der Waals surface area contributed by atoms with Crippen LogP contribution in [0.1, 0.15) is 47.4 Å². The van der Waals surface area contributed by atoms with E-state index in [1.54, 1.807) is 17.1 Å². The van der Waals surface area contributed by atoms with Gasteiger partial charge in [-0.1, -0.05) is 29.8 Å². The predicted octanol–water partition coefficient (Wildman–Crippen LogP) is 3.11. The van der Waals surface area contributed by atoms with E-state index in [1.807, 2.05) is 6.92 Å². The third-order valence-electron chi connectivity index (χ3n) is 4.59. The van der Waals surface area contributed by atoms with Crippen LogP contribution in [0, 0.1) is 12.8 Å². The van der Waals surface area contributed by atoms with Crippen LogP contribution < -0.4 is 5.32 Å². The number of hydrogen-bond acceptors (Lipinski definition) is 3.